The molecule has 2 fully saturated rings. The summed E-state index contributed by atoms with van der Waals surface area (Å²) in [5, 5.41) is -0.549. The Morgan fingerprint density at radius 1 is 1.04 bits per heavy atom. The van der Waals surface area contributed by atoms with Crippen molar-refractivity contribution in [2.24, 2.45) is 0 Å². The summed E-state index contributed by atoms with van der Waals surface area (Å²) in [7, 11) is 1.73. The number of halogens is 3. The van der Waals surface area contributed by atoms with Crippen LogP contribution in [0.15, 0.2) is 0 Å². The lowest BCUT2D eigenvalue weighted by molar-refractivity contribution is -0.125. The van der Waals surface area contributed by atoms with Gasteiger partial charge in [-0.3, -0.25) is 18.2 Å². The fraction of sp³-hybridized carbons (Fsp3) is 0.867. The predicted molar refractivity (Wildman–Crippen MR) is 107 cm³/mol. The zero-order valence-electron chi connectivity index (χ0n) is 14.1. The fourth-order valence-corrected chi connectivity index (χ4v) is 5.08. The molecular weight excluding hydrogens is 411 g/mol. The first-order valence-corrected chi connectivity index (χ1v) is 11.2. The van der Waals surface area contributed by atoms with Gasteiger partial charge >= 0.3 is 0 Å². The Morgan fingerprint density at radius 3 is 2.08 bits per heavy atom. The number of unbranched alkanes of at least 4 members (excludes halogenated alkanes) is 5. The van der Waals surface area contributed by atoms with Crippen LogP contribution in [0.4, 0.5) is 0 Å². The predicted octanol–water partition coefficient (Wildman–Crippen LogP) is 5.07. The van der Waals surface area contributed by atoms with Crippen LogP contribution in [0.1, 0.15) is 51.9 Å². The molecule has 3 atom stereocenters. The van der Waals surface area contributed by atoms with E-state index in [1.807, 2.05) is 0 Å². The van der Waals surface area contributed by atoms with Gasteiger partial charge in [-0.2, -0.15) is 0 Å². The average Bonchev–Trinajstić information content (AvgIpc) is 2.96. The zero-order chi connectivity index (χ0) is 18.1. The minimum atomic E-state index is -0.549. The molecule has 0 aliphatic carbocycles. The summed E-state index contributed by atoms with van der Waals surface area (Å²) < 4.78 is 2.95. The molecule has 3 unspecified atom stereocenters. The van der Waals surface area contributed by atoms with E-state index in [-0.39, 0.29) is 21.2 Å². The van der Waals surface area contributed by atoms with Crippen LogP contribution in [0.5, 0.6) is 0 Å². The molecule has 0 radical (unpaired) electrons. The van der Waals surface area contributed by atoms with Crippen molar-refractivity contribution in [1.82, 2.24) is 8.61 Å². The monoisotopic (exact) mass is 434 g/mol. The normalized spacial score (nSPS) is 26.8. The highest BCUT2D eigenvalue weighted by atomic mass is 35.5. The van der Waals surface area contributed by atoms with Crippen LogP contribution in [0.2, 0.25) is 0 Å². The van der Waals surface area contributed by atoms with Crippen molar-refractivity contribution in [2.45, 2.75) is 66.7 Å². The van der Waals surface area contributed by atoms with E-state index >= 15 is 0 Å². The maximum Gasteiger partial charge on any atom is 0.252 e. The van der Waals surface area contributed by atoms with Gasteiger partial charge in [0.15, 0.2) is 0 Å². The lowest BCUT2D eigenvalue weighted by Crippen LogP contribution is -2.25. The van der Waals surface area contributed by atoms with Crippen LogP contribution in [-0.2, 0) is 9.59 Å². The summed E-state index contributed by atoms with van der Waals surface area (Å²) in [4.78, 5) is 22.2. The molecule has 0 bridgehead atoms. The van der Waals surface area contributed by atoms with Crippen LogP contribution < -0.4 is 0 Å². The lowest BCUT2D eigenvalue weighted by Gasteiger charge is -2.13. The maximum atomic E-state index is 11.6. The minimum Gasteiger partial charge on any atom is -0.288 e. The van der Waals surface area contributed by atoms with Crippen LogP contribution in [0.3, 0.4) is 0 Å². The quantitative estimate of drug-likeness (QED) is 0.318. The fourth-order valence-electron chi connectivity index (χ4n) is 2.21. The molecule has 2 aliphatic rings. The second kappa shape index (κ2) is 12.0. The topological polar surface area (TPSA) is 40.6 Å². The lowest BCUT2D eigenvalue weighted by atomic mass is 10.1. The highest BCUT2D eigenvalue weighted by Gasteiger charge is 2.38. The van der Waals surface area contributed by atoms with Crippen LogP contribution in [-0.4, -0.2) is 48.8 Å². The average molecular weight is 436 g/mol. The Kier molecular flexibility index (Phi) is 11.3. The van der Waals surface area contributed by atoms with Gasteiger partial charge < -0.3 is 0 Å². The molecule has 2 heterocycles. The molecule has 0 aromatic carbocycles. The van der Waals surface area contributed by atoms with Gasteiger partial charge in [-0.1, -0.05) is 39.0 Å². The Hall–Kier alpha value is 0.510. The van der Waals surface area contributed by atoms with Crippen molar-refractivity contribution < 1.29 is 9.59 Å². The number of alkyl halides is 3. The van der Waals surface area contributed by atoms with Crippen LogP contribution in [0.25, 0.3) is 0 Å². The number of nitrogens with zero attached hydrogens (tertiary/aromatic N) is 2. The molecule has 4 nitrogen and oxygen atoms in total. The Bertz CT molecular complexity index is 418. The molecule has 0 aromatic rings. The van der Waals surface area contributed by atoms with Crippen LogP contribution >= 0.6 is 58.7 Å². The van der Waals surface area contributed by atoms with Crippen molar-refractivity contribution >= 4 is 70.5 Å². The van der Waals surface area contributed by atoms with Crippen molar-refractivity contribution in [1.29, 1.82) is 0 Å². The van der Waals surface area contributed by atoms with Crippen molar-refractivity contribution in [2.75, 3.05) is 13.6 Å². The molecular formula is C15H25Cl3N2O2S2. The molecule has 2 amide bonds. The highest BCUT2D eigenvalue weighted by molar-refractivity contribution is 8.00. The van der Waals surface area contributed by atoms with Gasteiger partial charge in [0.05, 0.1) is 6.42 Å². The molecule has 2 saturated heterocycles. The van der Waals surface area contributed by atoms with E-state index in [1.165, 1.54) is 56.0 Å². The number of amides is 2. The van der Waals surface area contributed by atoms with Gasteiger partial charge in [0.25, 0.3) is 5.91 Å². The first-order chi connectivity index (χ1) is 11.4. The summed E-state index contributed by atoms with van der Waals surface area (Å²) in [6, 6.07) is 0. The van der Waals surface area contributed by atoms with E-state index in [0.29, 0.717) is 6.42 Å². The van der Waals surface area contributed by atoms with Gasteiger partial charge in [0.1, 0.15) is 14.8 Å². The molecule has 0 saturated carbocycles. The third-order valence-corrected chi connectivity index (χ3v) is 7.22. The van der Waals surface area contributed by atoms with E-state index < -0.39 is 5.38 Å². The first-order valence-electron chi connectivity index (χ1n) is 8.20. The Morgan fingerprint density at radius 2 is 1.67 bits per heavy atom. The molecule has 9 heteroatoms. The summed E-state index contributed by atoms with van der Waals surface area (Å²) in [5.41, 5.74) is 0. The van der Waals surface area contributed by atoms with E-state index in [4.69, 9.17) is 34.8 Å². The second-order valence-electron chi connectivity index (χ2n) is 5.68. The molecule has 0 aromatic heterocycles. The summed E-state index contributed by atoms with van der Waals surface area (Å²) in [6.07, 6.45) is 7.85. The van der Waals surface area contributed by atoms with Gasteiger partial charge in [-0.25, -0.2) is 0 Å². The second-order valence-corrected chi connectivity index (χ2v) is 10.1. The zero-order valence-corrected chi connectivity index (χ0v) is 18.0. The van der Waals surface area contributed by atoms with E-state index in [2.05, 4.69) is 6.92 Å². The van der Waals surface area contributed by atoms with E-state index in [0.717, 1.165) is 13.0 Å². The van der Waals surface area contributed by atoms with Crippen molar-refractivity contribution in [3.05, 3.63) is 0 Å². The molecule has 24 heavy (non-hydrogen) atoms. The van der Waals surface area contributed by atoms with Gasteiger partial charge in [0, 0.05) is 13.6 Å². The molecule has 0 spiro atoms. The first kappa shape index (κ1) is 22.6. The Labute approximate surface area is 168 Å². The van der Waals surface area contributed by atoms with Gasteiger partial charge in [0.2, 0.25) is 5.91 Å². The maximum absolute atomic E-state index is 11.6. The third-order valence-electron chi connectivity index (χ3n) is 3.61. The summed E-state index contributed by atoms with van der Waals surface area (Å²) in [6.45, 7) is 2.99. The summed E-state index contributed by atoms with van der Waals surface area (Å²) >= 11 is 20.1. The smallest absolute Gasteiger partial charge is 0.252 e. The van der Waals surface area contributed by atoms with Gasteiger partial charge in [-0.15, -0.1) is 34.8 Å². The largest absolute Gasteiger partial charge is 0.288 e. The van der Waals surface area contributed by atoms with Crippen molar-refractivity contribution in [3.8, 4) is 0 Å². The molecule has 2 rings (SSSR count). The molecule has 0 N–H and O–H groups in total. The Balaban J connectivity index is 0.000000300. The van der Waals surface area contributed by atoms with Crippen LogP contribution in [0, 0.1) is 0 Å². The number of hydrogen-bond donors (Lipinski definition) is 0. The summed E-state index contributed by atoms with van der Waals surface area (Å²) in [5.74, 6) is 0.0928. The number of rotatable bonds is 7. The van der Waals surface area contributed by atoms with E-state index in [9.17, 15) is 9.59 Å². The number of carbonyl (C=O) groups is 2. The standard InChI is InChI=1S/C11H19Cl2NOS.C4H6ClNOS/c1-2-3-4-5-6-7-8-14-11(15)9(12)10(13)16-14;1-6-4(7)2-3(5)8-6/h9-10H,2-8H2,1H3;3H,2H2,1H3. The third kappa shape index (κ3) is 7.81. The SMILES string of the molecule is CCCCCCCCN1SC(Cl)C(Cl)C1=O.CN1SC(Cl)CC1=O. The van der Waals surface area contributed by atoms with Crippen molar-refractivity contribution in [3.63, 3.8) is 0 Å². The minimum absolute atomic E-state index is 0.0276. The number of hydrogen-bond acceptors (Lipinski definition) is 4. The van der Waals surface area contributed by atoms with Gasteiger partial charge in [-0.05, 0) is 30.3 Å². The van der Waals surface area contributed by atoms with E-state index in [1.54, 1.807) is 15.7 Å². The highest BCUT2D eigenvalue weighted by Crippen LogP contribution is 2.36. The molecule has 140 valence electrons. The number of carbonyl (C=O) groups excluding carboxylic acids is 2. The molecule has 2 aliphatic heterocycles.